The summed E-state index contributed by atoms with van der Waals surface area (Å²) in [7, 11) is 0. The van der Waals surface area contributed by atoms with E-state index in [0.29, 0.717) is 22.9 Å². The quantitative estimate of drug-likeness (QED) is 0.699. The van der Waals surface area contributed by atoms with Crippen LogP contribution in [0.15, 0.2) is 30.3 Å². The van der Waals surface area contributed by atoms with E-state index in [4.69, 9.17) is 22.2 Å². The average molecular weight is 425 g/mol. The molecule has 6 nitrogen and oxygen atoms in total. The maximum Gasteiger partial charge on any atom is 0.232 e. The van der Waals surface area contributed by atoms with Crippen LogP contribution in [-0.4, -0.2) is 34.7 Å². The van der Waals surface area contributed by atoms with Crippen molar-refractivity contribution >= 4 is 34.9 Å². The zero-order valence-electron chi connectivity index (χ0n) is 18.2. The van der Waals surface area contributed by atoms with Gasteiger partial charge in [0, 0.05) is 38.8 Å². The van der Waals surface area contributed by atoms with Crippen LogP contribution in [-0.2, 0) is 13.1 Å². The van der Waals surface area contributed by atoms with Crippen LogP contribution in [0.25, 0.3) is 0 Å². The molecule has 0 radical (unpaired) electrons. The number of fused-ring (bicyclic) bond motifs is 1. The minimum Gasteiger partial charge on any atom is -0.362 e. The molecule has 0 aliphatic carbocycles. The van der Waals surface area contributed by atoms with Crippen molar-refractivity contribution in [3.63, 3.8) is 0 Å². The van der Waals surface area contributed by atoms with E-state index in [1.807, 2.05) is 0 Å². The van der Waals surface area contributed by atoms with E-state index in [-0.39, 0.29) is 0 Å². The molecule has 1 atom stereocenters. The van der Waals surface area contributed by atoms with Crippen molar-refractivity contribution < 1.29 is 0 Å². The summed E-state index contributed by atoms with van der Waals surface area (Å²) in [5.74, 6) is 3.70. The van der Waals surface area contributed by atoms with Crippen molar-refractivity contribution in [2.45, 2.75) is 46.7 Å². The van der Waals surface area contributed by atoms with Gasteiger partial charge in [-0.1, -0.05) is 45.0 Å². The summed E-state index contributed by atoms with van der Waals surface area (Å²) in [4.78, 5) is 14.4. The molecule has 4 rings (SSSR count). The van der Waals surface area contributed by atoms with Crippen molar-refractivity contribution in [2.24, 2.45) is 11.8 Å². The Morgan fingerprint density at radius 1 is 1.13 bits per heavy atom. The molecule has 2 aliphatic rings. The van der Waals surface area contributed by atoms with E-state index in [2.05, 4.69) is 71.5 Å². The lowest BCUT2D eigenvalue weighted by Crippen LogP contribution is -2.36. The number of hydrogen-bond donors (Lipinski definition) is 2. The predicted molar refractivity (Wildman–Crippen MR) is 128 cm³/mol. The van der Waals surface area contributed by atoms with Gasteiger partial charge in [0.1, 0.15) is 11.6 Å². The van der Waals surface area contributed by atoms with Gasteiger partial charge in [-0.3, -0.25) is 0 Å². The molecule has 1 aromatic carbocycles. The average Bonchev–Trinajstić information content (AvgIpc) is 3.16. The first kappa shape index (κ1) is 20.8. The van der Waals surface area contributed by atoms with Crippen LogP contribution in [0.3, 0.4) is 0 Å². The number of thiocarbonyl (C=S) groups is 1. The number of aromatic nitrogens is 2. The molecule has 1 saturated heterocycles. The fourth-order valence-electron chi connectivity index (χ4n) is 4.14. The highest BCUT2D eigenvalue weighted by molar-refractivity contribution is 7.80. The van der Waals surface area contributed by atoms with Gasteiger partial charge in [-0.05, 0) is 48.0 Å². The zero-order valence-corrected chi connectivity index (χ0v) is 19.0. The lowest BCUT2D eigenvalue weighted by Gasteiger charge is -2.32. The number of piperidine rings is 1. The number of anilines is 3. The predicted octanol–water partition coefficient (Wildman–Crippen LogP) is 4.18. The number of nitrogens with zero attached hydrogens (tertiary/aromatic N) is 4. The fraction of sp³-hybridized carbons (Fsp3) is 0.522. The first-order valence-corrected chi connectivity index (χ1v) is 11.4. The molecule has 0 amide bonds. The lowest BCUT2D eigenvalue weighted by atomic mass is 10.0. The Morgan fingerprint density at radius 3 is 2.43 bits per heavy atom. The van der Waals surface area contributed by atoms with Gasteiger partial charge in [0.2, 0.25) is 5.95 Å². The number of benzene rings is 1. The Labute approximate surface area is 185 Å². The molecule has 1 aromatic heterocycles. The van der Waals surface area contributed by atoms with Gasteiger partial charge in [-0.25, -0.2) is 0 Å². The van der Waals surface area contributed by atoms with Crippen LogP contribution in [0.4, 0.5) is 17.6 Å². The van der Waals surface area contributed by atoms with Crippen LogP contribution in [0.2, 0.25) is 0 Å². The van der Waals surface area contributed by atoms with Crippen LogP contribution < -0.4 is 20.4 Å². The first-order valence-electron chi connectivity index (χ1n) is 11.0. The molecule has 30 heavy (non-hydrogen) atoms. The Hall–Kier alpha value is -2.41. The van der Waals surface area contributed by atoms with Crippen molar-refractivity contribution in [3.05, 3.63) is 41.5 Å². The van der Waals surface area contributed by atoms with Gasteiger partial charge >= 0.3 is 0 Å². The summed E-state index contributed by atoms with van der Waals surface area (Å²) in [5, 5.41) is 7.04. The van der Waals surface area contributed by atoms with Gasteiger partial charge in [0.15, 0.2) is 5.11 Å². The molecule has 0 bridgehead atoms. The standard InChI is InChI=1S/C23H32N6S/c1-16(2)12-24-23(30)27-22-25-20(28-10-6-7-17(3)13-28)11-21(26-22)29-14-18-8-4-5-9-19(18)15-29/h4-5,8-9,11,16-17H,6-7,10,12-15H2,1-3H3,(H2,24,25,26,27,30). The minimum absolute atomic E-state index is 0.519. The van der Waals surface area contributed by atoms with Gasteiger partial charge in [-0.15, -0.1) is 0 Å². The summed E-state index contributed by atoms with van der Waals surface area (Å²) in [6.07, 6.45) is 2.48. The largest absolute Gasteiger partial charge is 0.362 e. The van der Waals surface area contributed by atoms with Crippen molar-refractivity contribution in [3.8, 4) is 0 Å². The highest BCUT2D eigenvalue weighted by atomic mass is 32.1. The van der Waals surface area contributed by atoms with E-state index < -0.39 is 0 Å². The smallest absolute Gasteiger partial charge is 0.232 e. The number of rotatable bonds is 5. The third-order valence-corrected chi connectivity index (χ3v) is 5.99. The molecular formula is C23H32N6S. The van der Waals surface area contributed by atoms with E-state index in [9.17, 15) is 0 Å². The molecule has 2 N–H and O–H groups in total. The molecule has 0 saturated carbocycles. The van der Waals surface area contributed by atoms with Crippen LogP contribution in [0.1, 0.15) is 44.7 Å². The molecule has 160 valence electrons. The third-order valence-electron chi connectivity index (χ3n) is 5.74. The molecule has 3 heterocycles. The molecule has 1 fully saturated rings. The summed E-state index contributed by atoms with van der Waals surface area (Å²) in [6, 6.07) is 10.8. The zero-order chi connectivity index (χ0) is 21.1. The highest BCUT2D eigenvalue weighted by Crippen LogP contribution is 2.31. The minimum atomic E-state index is 0.519. The maximum absolute atomic E-state index is 5.48. The van der Waals surface area contributed by atoms with Crippen LogP contribution >= 0.6 is 12.2 Å². The third kappa shape index (κ3) is 5.01. The van der Waals surface area contributed by atoms with Crippen molar-refractivity contribution in [1.82, 2.24) is 15.3 Å². The fourth-order valence-corrected chi connectivity index (χ4v) is 4.31. The Balaban J connectivity index is 1.58. The van der Waals surface area contributed by atoms with Crippen molar-refractivity contribution in [2.75, 3.05) is 34.8 Å². The Bertz CT molecular complexity index is 874. The summed E-state index contributed by atoms with van der Waals surface area (Å²) in [5.41, 5.74) is 2.74. The van der Waals surface area contributed by atoms with E-state index >= 15 is 0 Å². The SMILES string of the molecule is CC(C)CNC(=S)Nc1nc(N2Cc3ccccc3C2)cc(N2CCCC(C)C2)n1. The second-order valence-corrected chi connectivity index (χ2v) is 9.36. The van der Waals surface area contributed by atoms with Gasteiger partial charge in [0.05, 0.1) is 0 Å². The second-order valence-electron chi connectivity index (χ2n) is 8.96. The molecule has 2 aliphatic heterocycles. The highest BCUT2D eigenvalue weighted by Gasteiger charge is 2.24. The number of nitrogens with one attached hydrogen (secondary N) is 2. The molecular weight excluding hydrogens is 392 g/mol. The first-order chi connectivity index (χ1) is 14.5. The van der Waals surface area contributed by atoms with Gasteiger partial charge in [0.25, 0.3) is 0 Å². The summed E-state index contributed by atoms with van der Waals surface area (Å²) >= 11 is 5.48. The Kier molecular flexibility index (Phi) is 6.37. The molecule has 0 spiro atoms. The monoisotopic (exact) mass is 424 g/mol. The number of hydrogen-bond acceptors (Lipinski definition) is 5. The van der Waals surface area contributed by atoms with Gasteiger partial charge in [-0.2, -0.15) is 9.97 Å². The molecule has 7 heteroatoms. The topological polar surface area (TPSA) is 56.3 Å². The van der Waals surface area contributed by atoms with Crippen LogP contribution in [0, 0.1) is 11.8 Å². The lowest BCUT2D eigenvalue weighted by molar-refractivity contribution is 0.444. The second kappa shape index (κ2) is 9.16. The molecule has 2 aromatic rings. The normalized spacial score (nSPS) is 18.5. The van der Waals surface area contributed by atoms with Crippen molar-refractivity contribution in [1.29, 1.82) is 0 Å². The van der Waals surface area contributed by atoms with E-state index in [1.54, 1.807) is 0 Å². The van der Waals surface area contributed by atoms with Gasteiger partial charge < -0.3 is 20.4 Å². The maximum atomic E-state index is 5.48. The summed E-state index contributed by atoms with van der Waals surface area (Å²) < 4.78 is 0. The van der Waals surface area contributed by atoms with Crippen LogP contribution in [0.5, 0.6) is 0 Å². The summed E-state index contributed by atoms with van der Waals surface area (Å²) in [6.45, 7) is 11.3. The molecule has 1 unspecified atom stereocenters. The van der Waals surface area contributed by atoms with E-state index in [1.165, 1.54) is 24.0 Å². The Morgan fingerprint density at radius 2 is 1.80 bits per heavy atom. The van der Waals surface area contributed by atoms with E-state index in [0.717, 1.165) is 44.4 Å².